The zero-order chi connectivity index (χ0) is 12.1. The summed E-state index contributed by atoms with van der Waals surface area (Å²) in [7, 11) is 1.67. The quantitative estimate of drug-likeness (QED) is 0.647. The number of hydrogen-bond acceptors (Lipinski definition) is 4. The van der Waals surface area contributed by atoms with Crippen LogP contribution >= 0.6 is 11.8 Å². The molecule has 0 spiro atoms. The van der Waals surface area contributed by atoms with Crippen LogP contribution in [0, 0.1) is 0 Å². The van der Waals surface area contributed by atoms with Crippen molar-refractivity contribution < 1.29 is 9.47 Å². The smallest absolute Gasteiger partial charge is 0.120 e. The lowest BCUT2D eigenvalue weighted by Gasteiger charge is -2.10. The molecule has 1 heterocycles. The topological polar surface area (TPSA) is 44.5 Å². The molecule has 1 aromatic carbocycles. The molecule has 1 aliphatic heterocycles. The maximum atomic E-state index is 5.93. The van der Waals surface area contributed by atoms with E-state index < -0.39 is 0 Å². The van der Waals surface area contributed by atoms with Crippen molar-refractivity contribution in [2.24, 2.45) is 0 Å². The van der Waals surface area contributed by atoms with Crippen molar-refractivity contribution in [1.82, 2.24) is 0 Å². The van der Waals surface area contributed by atoms with E-state index in [2.05, 4.69) is 0 Å². The second-order valence-corrected chi connectivity index (χ2v) is 5.31. The minimum absolute atomic E-state index is 0.453. The highest BCUT2D eigenvalue weighted by Gasteiger charge is 2.15. The van der Waals surface area contributed by atoms with Crippen molar-refractivity contribution in [2.75, 3.05) is 25.2 Å². The maximum absolute atomic E-state index is 5.93. The summed E-state index contributed by atoms with van der Waals surface area (Å²) in [6.45, 7) is 0.927. The third-order valence-electron chi connectivity index (χ3n) is 2.94. The molecular weight excluding hydrogens is 234 g/mol. The summed E-state index contributed by atoms with van der Waals surface area (Å²) in [5, 5.41) is 0. The monoisotopic (exact) mass is 253 g/mol. The molecule has 94 valence electrons. The maximum Gasteiger partial charge on any atom is 0.120 e. The van der Waals surface area contributed by atoms with Gasteiger partial charge < -0.3 is 15.2 Å². The van der Waals surface area contributed by atoms with E-state index in [9.17, 15) is 0 Å². The van der Waals surface area contributed by atoms with Gasteiger partial charge in [-0.25, -0.2) is 0 Å². The molecule has 0 saturated carbocycles. The second kappa shape index (κ2) is 6.17. The number of hydrogen-bond donors (Lipinski definition) is 1. The Morgan fingerprint density at radius 1 is 1.53 bits per heavy atom. The number of benzene rings is 1. The summed E-state index contributed by atoms with van der Waals surface area (Å²) in [5.74, 6) is 1.90. The van der Waals surface area contributed by atoms with Gasteiger partial charge in [-0.2, -0.15) is 0 Å². The number of ether oxygens (including phenoxy) is 2. The van der Waals surface area contributed by atoms with E-state index in [1.54, 1.807) is 18.9 Å². The fourth-order valence-electron chi connectivity index (χ4n) is 1.94. The van der Waals surface area contributed by atoms with Crippen molar-refractivity contribution in [3.63, 3.8) is 0 Å². The van der Waals surface area contributed by atoms with Gasteiger partial charge >= 0.3 is 0 Å². The molecule has 1 saturated heterocycles. The van der Waals surface area contributed by atoms with Gasteiger partial charge in [0.15, 0.2) is 0 Å². The van der Waals surface area contributed by atoms with E-state index >= 15 is 0 Å². The van der Waals surface area contributed by atoms with Gasteiger partial charge in [-0.05, 0) is 37.5 Å². The van der Waals surface area contributed by atoms with E-state index in [4.69, 9.17) is 15.2 Å². The van der Waals surface area contributed by atoms with Crippen LogP contribution in [0.1, 0.15) is 19.3 Å². The first-order valence-corrected chi connectivity index (χ1v) is 6.96. The van der Waals surface area contributed by atoms with E-state index in [1.807, 2.05) is 18.2 Å². The molecule has 0 amide bonds. The summed E-state index contributed by atoms with van der Waals surface area (Å²) in [5.41, 5.74) is 6.75. The standard InChI is InChI=1S/C13H19NO2S/c1-15-11-4-5-12(14)13(9-11)17-8-6-10-3-2-7-16-10/h4-5,9-10H,2-3,6-8,14H2,1H3. The Hall–Kier alpha value is -0.870. The minimum Gasteiger partial charge on any atom is -0.497 e. The third kappa shape index (κ3) is 3.54. The molecule has 0 radical (unpaired) electrons. The molecule has 0 bridgehead atoms. The molecule has 1 fully saturated rings. The molecule has 3 nitrogen and oxygen atoms in total. The lowest BCUT2D eigenvalue weighted by Crippen LogP contribution is -2.05. The van der Waals surface area contributed by atoms with E-state index in [0.29, 0.717) is 6.10 Å². The predicted molar refractivity (Wildman–Crippen MR) is 71.7 cm³/mol. The summed E-state index contributed by atoms with van der Waals surface area (Å²) in [6, 6.07) is 5.78. The summed E-state index contributed by atoms with van der Waals surface area (Å²) in [6.07, 6.45) is 3.96. The first kappa shape index (κ1) is 12.6. The van der Waals surface area contributed by atoms with Crippen LogP contribution in [-0.2, 0) is 4.74 Å². The molecule has 4 heteroatoms. The van der Waals surface area contributed by atoms with Gasteiger partial charge in [-0.15, -0.1) is 11.8 Å². The largest absolute Gasteiger partial charge is 0.497 e. The molecule has 1 unspecified atom stereocenters. The molecule has 1 aliphatic rings. The third-order valence-corrected chi connectivity index (χ3v) is 4.05. The zero-order valence-corrected chi connectivity index (χ0v) is 11.0. The van der Waals surface area contributed by atoms with Crippen molar-refractivity contribution in [3.05, 3.63) is 18.2 Å². The molecule has 2 rings (SSSR count). The van der Waals surface area contributed by atoms with Gasteiger partial charge in [0.1, 0.15) is 5.75 Å². The SMILES string of the molecule is COc1ccc(N)c(SCCC2CCCO2)c1. The van der Waals surface area contributed by atoms with E-state index in [-0.39, 0.29) is 0 Å². The second-order valence-electron chi connectivity index (χ2n) is 4.18. The number of thioether (sulfide) groups is 1. The minimum atomic E-state index is 0.453. The molecule has 0 aliphatic carbocycles. The average molecular weight is 253 g/mol. The van der Waals surface area contributed by atoms with Crippen molar-refractivity contribution in [2.45, 2.75) is 30.3 Å². The van der Waals surface area contributed by atoms with Gasteiger partial charge in [0, 0.05) is 22.9 Å². The van der Waals surface area contributed by atoms with Crippen LogP contribution in [0.15, 0.2) is 23.1 Å². The number of nitrogen functional groups attached to an aromatic ring is 1. The molecule has 2 N–H and O–H groups in total. The fraction of sp³-hybridized carbons (Fsp3) is 0.538. The summed E-state index contributed by atoms with van der Waals surface area (Å²) >= 11 is 1.78. The van der Waals surface area contributed by atoms with Gasteiger partial charge in [0.25, 0.3) is 0 Å². The number of methoxy groups -OCH3 is 1. The molecule has 1 atom stereocenters. The first-order valence-electron chi connectivity index (χ1n) is 5.97. The van der Waals surface area contributed by atoms with Crippen LogP contribution in [0.3, 0.4) is 0 Å². The average Bonchev–Trinajstić information content (AvgIpc) is 2.84. The van der Waals surface area contributed by atoms with Crippen LogP contribution in [-0.4, -0.2) is 25.6 Å². The Kier molecular flexibility index (Phi) is 4.57. The van der Waals surface area contributed by atoms with Crippen LogP contribution in [0.25, 0.3) is 0 Å². The highest BCUT2D eigenvalue weighted by atomic mass is 32.2. The lowest BCUT2D eigenvalue weighted by molar-refractivity contribution is 0.109. The predicted octanol–water partition coefficient (Wildman–Crippen LogP) is 2.94. The number of nitrogens with two attached hydrogens (primary N) is 1. The first-order chi connectivity index (χ1) is 8.29. The molecular formula is C13H19NO2S. The Morgan fingerprint density at radius 3 is 3.12 bits per heavy atom. The van der Waals surface area contributed by atoms with Gasteiger partial charge in [-0.1, -0.05) is 0 Å². The van der Waals surface area contributed by atoms with Crippen molar-refractivity contribution >= 4 is 17.4 Å². The Bertz CT molecular complexity index is 364. The van der Waals surface area contributed by atoms with Crippen molar-refractivity contribution in [3.8, 4) is 5.75 Å². The normalized spacial score (nSPS) is 19.5. The van der Waals surface area contributed by atoms with E-state index in [1.165, 1.54) is 12.8 Å². The lowest BCUT2D eigenvalue weighted by atomic mass is 10.2. The summed E-state index contributed by atoms with van der Waals surface area (Å²) in [4.78, 5) is 1.10. The number of rotatable bonds is 5. The van der Waals surface area contributed by atoms with Gasteiger partial charge in [0.05, 0.1) is 13.2 Å². The van der Waals surface area contributed by atoms with E-state index in [0.717, 1.165) is 35.1 Å². The zero-order valence-electron chi connectivity index (χ0n) is 10.1. The molecule has 17 heavy (non-hydrogen) atoms. The molecule has 0 aromatic heterocycles. The van der Waals surface area contributed by atoms with Crippen LogP contribution in [0.2, 0.25) is 0 Å². The Morgan fingerprint density at radius 2 is 2.41 bits per heavy atom. The highest BCUT2D eigenvalue weighted by Crippen LogP contribution is 2.30. The summed E-state index contributed by atoms with van der Waals surface area (Å²) < 4.78 is 10.8. The van der Waals surface area contributed by atoms with Crippen LogP contribution in [0.4, 0.5) is 5.69 Å². The molecule has 1 aromatic rings. The van der Waals surface area contributed by atoms with Crippen LogP contribution in [0.5, 0.6) is 5.75 Å². The fourth-order valence-corrected chi connectivity index (χ4v) is 2.97. The van der Waals surface area contributed by atoms with Gasteiger partial charge in [-0.3, -0.25) is 0 Å². The Balaban J connectivity index is 1.84. The van der Waals surface area contributed by atoms with Gasteiger partial charge in [0.2, 0.25) is 0 Å². The number of anilines is 1. The van der Waals surface area contributed by atoms with Crippen molar-refractivity contribution in [1.29, 1.82) is 0 Å². The highest BCUT2D eigenvalue weighted by molar-refractivity contribution is 7.99. The Labute approximate surface area is 107 Å². The van der Waals surface area contributed by atoms with Crippen LogP contribution < -0.4 is 10.5 Å².